The number of hydrogen-bond donors (Lipinski definition) is 2. The topological polar surface area (TPSA) is 216 Å². The summed E-state index contributed by atoms with van der Waals surface area (Å²) >= 11 is 6.50. The normalized spacial score (nSPS) is 15.1. The predicted molar refractivity (Wildman–Crippen MR) is 349 cm³/mol. The number of aliphatic carboxylic acids is 1. The summed E-state index contributed by atoms with van der Waals surface area (Å²) < 4.78 is 79.7. The summed E-state index contributed by atoms with van der Waals surface area (Å²) in [7, 11) is 0. The molecule has 13 rings (SSSR count). The van der Waals surface area contributed by atoms with E-state index in [-0.39, 0.29) is 42.2 Å². The Kier molecular flexibility index (Phi) is 21.8. The number of carbonyl (C=O) groups is 4. The smallest absolute Gasteiger partial charge is 0.316 e. The molecule has 0 aliphatic carbocycles. The highest BCUT2D eigenvalue weighted by atomic mass is 32.2. The molecule has 5 aromatic heterocycles. The van der Waals surface area contributed by atoms with Crippen LogP contribution in [0, 0.1) is 47.6 Å². The van der Waals surface area contributed by atoms with Crippen LogP contribution in [0.3, 0.4) is 0 Å². The van der Waals surface area contributed by atoms with Gasteiger partial charge in [0.05, 0.1) is 59.2 Å². The van der Waals surface area contributed by atoms with Crippen molar-refractivity contribution >= 4 is 75.0 Å². The Morgan fingerprint density at radius 3 is 1.37 bits per heavy atom. The van der Waals surface area contributed by atoms with Gasteiger partial charge in [0.1, 0.15) is 23.1 Å². The van der Waals surface area contributed by atoms with Gasteiger partial charge in [-0.25, -0.2) is 28.7 Å². The first-order valence-electron chi connectivity index (χ1n) is 29.0. The molecule has 26 heteroatoms. The second kappa shape index (κ2) is 29.5. The zero-order valence-electron chi connectivity index (χ0n) is 50.8. The summed E-state index contributed by atoms with van der Waals surface area (Å²) in [5.41, 5.74) is 3.24. The highest BCUT2D eigenvalue weighted by Crippen LogP contribution is 2.54. The Hall–Kier alpha value is -8.72. The Morgan fingerprint density at radius 1 is 0.559 bits per heavy atom. The molecule has 4 aliphatic rings. The van der Waals surface area contributed by atoms with Crippen molar-refractivity contribution < 1.29 is 55.7 Å². The van der Waals surface area contributed by atoms with Crippen LogP contribution in [0.15, 0.2) is 130 Å². The summed E-state index contributed by atoms with van der Waals surface area (Å²) in [6.07, 6.45) is 7.07. The molecule has 2 atom stereocenters. The Morgan fingerprint density at radius 2 is 0.978 bits per heavy atom. The lowest BCUT2D eigenvalue weighted by Crippen LogP contribution is -2.38. The summed E-state index contributed by atoms with van der Waals surface area (Å²) in [6.45, 7) is 11.8. The number of likely N-dealkylation sites (tertiary alicyclic amines) is 2. The van der Waals surface area contributed by atoms with Crippen molar-refractivity contribution in [1.29, 1.82) is 0 Å². The molecule has 17 nitrogen and oxygen atoms in total. The maximum atomic E-state index is 15.1. The minimum Gasteiger partial charge on any atom is -0.481 e. The Bertz CT molecular complexity index is 4190. The van der Waals surface area contributed by atoms with E-state index >= 15 is 4.39 Å². The number of nitrogens with zero attached hydrogens (tertiary/aromatic N) is 9. The van der Waals surface area contributed by atoms with Crippen LogP contribution in [0.4, 0.5) is 27.1 Å². The molecule has 0 unspecified atom stereocenters. The van der Waals surface area contributed by atoms with Crippen molar-refractivity contribution in [3.05, 3.63) is 190 Å². The fraction of sp³-hybridized carbons (Fsp3) is 0.299. The van der Waals surface area contributed by atoms with Gasteiger partial charge in [0.25, 0.3) is 11.8 Å². The van der Waals surface area contributed by atoms with Gasteiger partial charge in [-0.1, -0.05) is 93.3 Å². The van der Waals surface area contributed by atoms with E-state index in [4.69, 9.17) is 14.5 Å². The lowest BCUT2D eigenvalue weighted by Gasteiger charge is -2.37. The monoisotopic (exact) mass is 1340 g/mol. The number of fused-ring (bicyclic) bond motifs is 4. The number of thiazole rings is 2. The van der Waals surface area contributed by atoms with Gasteiger partial charge in [-0.15, -0.1) is 34.9 Å². The van der Waals surface area contributed by atoms with Gasteiger partial charge in [-0.05, 0) is 107 Å². The van der Waals surface area contributed by atoms with Crippen LogP contribution in [-0.4, -0.2) is 112 Å². The van der Waals surface area contributed by atoms with E-state index in [1.165, 1.54) is 39.8 Å². The van der Waals surface area contributed by atoms with Gasteiger partial charge in [-0.3, -0.25) is 19.2 Å². The van der Waals surface area contributed by atoms with Gasteiger partial charge >= 0.3 is 24.2 Å². The van der Waals surface area contributed by atoms with E-state index in [0.29, 0.717) is 82.6 Å². The molecule has 2 fully saturated rings. The number of nitrogens with one attached hydrogen (secondary N) is 1. The SMILES string of the molecule is C.CC(C)(C(=O)O)[C@H]1c2ccccc2Oc2nc(-c3ccc(C(=O)N4CCCC4)c(F)c3)ccc21.CSc1cnc(C)s1.CSc1cnc(NC(=O)C(C)(C)[C@H]2c3ccccc3Oc3nc(-c4ccc(C(=O)N5CCCC5)c(F)c4)ccc32)s1.Fc1nc(F)nc(F)n1. The predicted octanol–water partition coefficient (Wildman–Crippen LogP) is 15.8. The highest BCUT2D eigenvalue weighted by Gasteiger charge is 2.46. The number of carbonyl (C=O) groups excluding carboxylic acids is 3. The van der Waals surface area contributed by atoms with E-state index < -0.39 is 52.6 Å². The molecule has 9 aromatic rings. The molecule has 0 spiro atoms. The van der Waals surface area contributed by atoms with Crippen molar-refractivity contribution in [2.75, 3.05) is 44.0 Å². The zero-order chi connectivity index (χ0) is 65.6. The molecule has 0 saturated carbocycles. The molecular formula is C67H65F5N10O7S4. The molecule has 4 aliphatic heterocycles. The van der Waals surface area contributed by atoms with Crippen molar-refractivity contribution in [3.8, 4) is 45.8 Å². The van der Waals surface area contributed by atoms with Gasteiger partial charge in [0.2, 0.25) is 17.7 Å². The number of carboxylic acid groups (broad SMARTS) is 1. The number of pyridine rings is 2. The second-order valence-electron chi connectivity index (χ2n) is 22.7. The average Bonchev–Trinajstić information content (AvgIpc) is 1.75. The number of para-hydroxylation sites is 2. The minimum absolute atomic E-state index is 0. The van der Waals surface area contributed by atoms with Crippen LogP contribution in [-0.2, 0) is 9.59 Å². The van der Waals surface area contributed by atoms with Gasteiger partial charge in [-0.2, -0.15) is 28.1 Å². The molecule has 2 saturated heterocycles. The number of thioether (sulfide) groups is 2. The number of aryl methyl sites for hydroxylation is 1. The highest BCUT2D eigenvalue weighted by molar-refractivity contribution is 8.00. The molecule has 9 heterocycles. The van der Waals surface area contributed by atoms with E-state index in [1.54, 1.807) is 101 Å². The maximum Gasteiger partial charge on any atom is 0.316 e. The van der Waals surface area contributed by atoms with E-state index in [1.807, 2.05) is 81.8 Å². The Balaban J connectivity index is 0.000000175. The van der Waals surface area contributed by atoms with Crippen molar-refractivity contribution in [1.82, 2.24) is 44.7 Å². The summed E-state index contributed by atoms with van der Waals surface area (Å²) in [5, 5.41) is 14.6. The molecule has 0 radical (unpaired) electrons. The lowest BCUT2D eigenvalue weighted by molar-refractivity contribution is -0.147. The van der Waals surface area contributed by atoms with E-state index in [0.717, 1.165) is 51.6 Å². The first-order chi connectivity index (χ1) is 44.0. The van der Waals surface area contributed by atoms with E-state index in [2.05, 4.69) is 41.5 Å². The summed E-state index contributed by atoms with van der Waals surface area (Å²) in [6, 6.07) is 31.3. The molecular weight excluding hydrogens is 1280 g/mol. The number of rotatable bonds is 11. The first-order valence-corrected chi connectivity index (χ1v) is 33.1. The quantitative estimate of drug-likeness (QED) is 0.0909. The standard InChI is InChI=1S/C31H29FN4O3S2.C27H25FN2O4.C5H7NS2.C3F3N3.CH4/c1-31(2,29(38)35-30-33-17-25(40-3)41-30)26-20-8-4-5-9-24(20)39-27-21(26)12-13-23(34-27)18-10-11-19(22(32)16-18)28(37)36-14-6-7-15-36;1-27(2,26(32)33)23-18-7-3-4-8-22(18)34-24-19(23)11-12-21(29-24)16-9-10-17(20(28)15-16)25(31)30-13-5-6-14-30;1-4-6-3-5(7-2)8-4;4-1-7-2(5)9-3(6)8-1;/h4-5,8-13,16-17,26H,6-7,14-15H2,1-3H3,(H,33,35,38);3-4,7-12,15,23H,5-6,13-14H2,1-2H3,(H,32,33);3H,1-2H3;;1H4/t26-;23-;;;/m00.../s1. The summed E-state index contributed by atoms with van der Waals surface area (Å²) in [5.74, 6) is -1.83. The third-order valence-corrected chi connectivity index (χ3v) is 19.8. The average molecular weight is 1350 g/mol. The van der Waals surface area contributed by atoms with Gasteiger partial charge in [0.15, 0.2) is 5.13 Å². The van der Waals surface area contributed by atoms with Gasteiger partial charge < -0.3 is 29.7 Å². The largest absolute Gasteiger partial charge is 0.481 e. The third kappa shape index (κ3) is 15.4. The second-order valence-corrected chi connectivity index (χ2v) is 27.1. The van der Waals surface area contributed by atoms with Crippen molar-refractivity contribution in [2.24, 2.45) is 10.8 Å². The molecule has 0 bridgehead atoms. The van der Waals surface area contributed by atoms with Crippen LogP contribution in [0.2, 0.25) is 0 Å². The van der Waals surface area contributed by atoms with Crippen LogP contribution < -0.4 is 14.8 Å². The van der Waals surface area contributed by atoms with Crippen LogP contribution in [0.1, 0.15) is 121 Å². The molecule has 484 valence electrons. The molecule has 2 N–H and O–H groups in total. The number of anilines is 1. The number of ether oxygens (including phenoxy) is 2. The number of benzene rings is 4. The third-order valence-electron chi connectivity index (χ3n) is 15.9. The Labute approximate surface area is 550 Å². The molecule has 3 amide bonds. The minimum atomic E-state index is -1.46. The number of amides is 3. The fourth-order valence-corrected chi connectivity index (χ4v) is 13.7. The van der Waals surface area contributed by atoms with Gasteiger partial charge in [0, 0.05) is 71.4 Å². The van der Waals surface area contributed by atoms with Crippen molar-refractivity contribution in [2.45, 2.75) is 88.0 Å². The molecule has 4 aromatic carbocycles. The number of halogens is 5. The molecule has 93 heavy (non-hydrogen) atoms. The van der Waals surface area contributed by atoms with Crippen molar-refractivity contribution in [3.63, 3.8) is 0 Å². The van der Waals surface area contributed by atoms with Crippen LogP contribution in [0.25, 0.3) is 22.5 Å². The zero-order valence-corrected chi connectivity index (χ0v) is 54.1. The first kappa shape index (κ1) is 68.6. The fourth-order valence-electron chi connectivity index (χ4n) is 11.1. The van der Waals surface area contributed by atoms with Crippen LogP contribution >= 0.6 is 46.2 Å². The van der Waals surface area contributed by atoms with E-state index in [9.17, 15) is 41.8 Å². The van der Waals surface area contributed by atoms with Crippen LogP contribution in [0.5, 0.6) is 23.3 Å². The number of aromatic nitrogens is 7. The number of carboxylic acids is 1. The maximum absolute atomic E-state index is 15.1. The lowest BCUT2D eigenvalue weighted by atomic mass is 9.69. The number of hydrogen-bond acceptors (Lipinski definition) is 17. The summed E-state index contributed by atoms with van der Waals surface area (Å²) in [4.78, 5) is 79.6.